The smallest absolute Gasteiger partial charge is 0.131 e. The highest BCUT2D eigenvalue weighted by molar-refractivity contribution is 7.20. The standard InChI is InChI=1S/C15H13Cl2N3S/c1-2-10-13(11-8-12(16)21-14(11)17)19-20(15(10)18)9-6-4-3-5-7-9/h3-8H,2,18H2,1H3. The summed E-state index contributed by atoms with van der Waals surface area (Å²) in [5.41, 5.74) is 9.81. The first kappa shape index (κ1) is 14.4. The summed E-state index contributed by atoms with van der Waals surface area (Å²) in [6.45, 7) is 2.05. The first-order chi connectivity index (χ1) is 10.1. The van der Waals surface area contributed by atoms with Gasteiger partial charge in [-0.1, -0.05) is 48.3 Å². The number of nitrogens with two attached hydrogens (primary N) is 1. The minimum Gasteiger partial charge on any atom is -0.383 e. The average molecular weight is 338 g/mol. The Bertz CT molecular complexity index is 778. The van der Waals surface area contributed by atoms with Gasteiger partial charge in [-0.2, -0.15) is 5.10 Å². The van der Waals surface area contributed by atoms with Crippen molar-refractivity contribution < 1.29 is 0 Å². The van der Waals surface area contributed by atoms with Crippen LogP contribution in [0.4, 0.5) is 5.82 Å². The zero-order valence-electron chi connectivity index (χ0n) is 11.3. The molecule has 2 heterocycles. The molecular weight excluding hydrogens is 325 g/mol. The molecule has 108 valence electrons. The predicted molar refractivity (Wildman–Crippen MR) is 90.7 cm³/mol. The molecule has 2 N–H and O–H groups in total. The highest BCUT2D eigenvalue weighted by Crippen LogP contribution is 2.40. The Labute approximate surface area is 136 Å². The van der Waals surface area contributed by atoms with Crippen LogP contribution in [0.3, 0.4) is 0 Å². The molecule has 0 spiro atoms. The maximum absolute atomic E-state index is 6.27. The van der Waals surface area contributed by atoms with Gasteiger partial charge in [0.15, 0.2) is 0 Å². The Morgan fingerprint density at radius 3 is 2.52 bits per heavy atom. The number of halogens is 2. The molecule has 1 aromatic carbocycles. The summed E-state index contributed by atoms with van der Waals surface area (Å²) in [6, 6.07) is 11.6. The molecule has 3 nitrogen and oxygen atoms in total. The summed E-state index contributed by atoms with van der Waals surface area (Å²) in [5, 5.41) is 4.65. The van der Waals surface area contributed by atoms with Crippen LogP contribution in [-0.4, -0.2) is 9.78 Å². The minimum absolute atomic E-state index is 0.632. The van der Waals surface area contributed by atoms with E-state index in [1.54, 1.807) is 4.68 Å². The van der Waals surface area contributed by atoms with Crippen molar-refractivity contribution in [3.63, 3.8) is 0 Å². The van der Waals surface area contributed by atoms with Gasteiger partial charge in [0.1, 0.15) is 15.8 Å². The van der Waals surface area contributed by atoms with Crippen LogP contribution in [0.25, 0.3) is 16.9 Å². The van der Waals surface area contributed by atoms with E-state index >= 15 is 0 Å². The molecule has 0 saturated carbocycles. The number of para-hydroxylation sites is 1. The van der Waals surface area contributed by atoms with Crippen LogP contribution < -0.4 is 5.73 Å². The van der Waals surface area contributed by atoms with Gasteiger partial charge in [0.25, 0.3) is 0 Å². The van der Waals surface area contributed by atoms with Crippen molar-refractivity contribution in [3.8, 4) is 16.9 Å². The molecule has 0 bridgehead atoms. The van der Waals surface area contributed by atoms with E-state index in [1.165, 1.54) is 11.3 Å². The van der Waals surface area contributed by atoms with Gasteiger partial charge < -0.3 is 5.73 Å². The van der Waals surface area contributed by atoms with Crippen LogP contribution in [0, 0.1) is 0 Å². The predicted octanol–water partition coefficient (Wildman–Crippen LogP) is 5.05. The number of hydrogen-bond donors (Lipinski definition) is 1. The largest absolute Gasteiger partial charge is 0.383 e. The van der Waals surface area contributed by atoms with Gasteiger partial charge in [0.05, 0.1) is 10.0 Å². The Kier molecular flexibility index (Phi) is 3.93. The van der Waals surface area contributed by atoms with Crippen molar-refractivity contribution in [2.45, 2.75) is 13.3 Å². The first-order valence-electron chi connectivity index (χ1n) is 6.49. The quantitative estimate of drug-likeness (QED) is 0.726. The fourth-order valence-corrected chi connectivity index (χ4v) is 3.76. The van der Waals surface area contributed by atoms with Gasteiger partial charge in [-0.15, -0.1) is 11.3 Å². The van der Waals surface area contributed by atoms with E-state index in [0.717, 1.165) is 28.9 Å². The third kappa shape index (κ3) is 2.55. The van der Waals surface area contributed by atoms with E-state index in [4.69, 9.17) is 28.9 Å². The Balaban J connectivity index is 2.21. The molecule has 0 atom stereocenters. The number of anilines is 1. The number of aromatic nitrogens is 2. The number of rotatable bonds is 3. The second kappa shape index (κ2) is 5.72. The highest BCUT2D eigenvalue weighted by Gasteiger charge is 2.20. The molecule has 0 amide bonds. The van der Waals surface area contributed by atoms with Crippen LogP contribution in [-0.2, 0) is 6.42 Å². The fraction of sp³-hybridized carbons (Fsp3) is 0.133. The monoisotopic (exact) mass is 337 g/mol. The van der Waals surface area contributed by atoms with Crippen molar-refractivity contribution in [3.05, 3.63) is 50.6 Å². The van der Waals surface area contributed by atoms with Crippen molar-refractivity contribution >= 4 is 40.4 Å². The van der Waals surface area contributed by atoms with Crippen LogP contribution >= 0.6 is 34.5 Å². The van der Waals surface area contributed by atoms with E-state index in [0.29, 0.717) is 14.5 Å². The Morgan fingerprint density at radius 2 is 1.95 bits per heavy atom. The van der Waals surface area contributed by atoms with Crippen molar-refractivity contribution in [1.82, 2.24) is 9.78 Å². The maximum atomic E-state index is 6.27. The van der Waals surface area contributed by atoms with E-state index in [1.807, 2.05) is 43.3 Å². The number of hydrogen-bond acceptors (Lipinski definition) is 3. The van der Waals surface area contributed by atoms with E-state index in [-0.39, 0.29) is 0 Å². The number of benzene rings is 1. The van der Waals surface area contributed by atoms with Gasteiger partial charge in [-0.3, -0.25) is 0 Å². The van der Waals surface area contributed by atoms with Crippen LogP contribution in [0.1, 0.15) is 12.5 Å². The van der Waals surface area contributed by atoms with E-state index < -0.39 is 0 Å². The zero-order chi connectivity index (χ0) is 15.0. The molecule has 3 aromatic rings. The van der Waals surface area contributed by atoms with Crippen molar-refractivity contribution in [2.75, 3.05) is 5.73 Å². The zero-order valence-corrected chi connectivity index (χ0v) is 13.6. The van der Waals surface area contributed by atoms with Gasteiger partial charge in [-0.05, 0) is 24.6 Å². The first-order valence-corrected chi connectivity index (χ1v) is 8.07. The highest BCUT2D eigenvalue weighted by atomic mass is 35.5. The lowest BCUT2D eigenvalue weighted by molar-refractivity contribution is 0.895. The molecule has 6 heteroatoms. The average Bonchev–Trinajstić information content (AvgIpc) is 2.99. The van der Waals surface area contributed by atoms with Crippen LogP contribution in [0.5, 0.6) is 0 Å². The van der Waals surface area contributed by atoms with E-state index in [9.17, 15) is 0 Å². The minimum atomic E-state index is 0.632. The van der Waals surface area contributed by atoms with Crippen molar-refractivity contribution in [1.29, 1.82) is 0 Å². The summed E-state index contributed by atoms with van der Waals surface area (Å²) in [5.74, 6) is 0.636. The Morgan fingerprint density at radius 1 is 1.24 bits per heavy atom. The topological polar surface area (TPSA) is 43.8 Å². The lowest BCUT2D eigenvalue weighted by atomic mass is 10.1. The lowest BCUT2D eigenvalue weighted by Crippen LogP contribution is -2.02. The summed E-state index contributed by atoms with van der Waals surface area (Å²) in [7, 11) is 0. The molecule has 0 saturated heterocycles. The van der Waals surface area contributed by atoms with Gasteiger partial charge in [0, 0.05) is 11.1 Å². The number of nitrogens with zero attached hydrogens (tertiary/aromatic N) is 2. The molecule has 0 aliphatic heterocycles. The molecule has 3 rings (SSSR count). The molecular formula is C15H13Cl2N3S. The van der Waals surface area contributed by atoms with Crippen LogP contribution in [0.15, 0.2) is 36.4 Å². The molecule has 0 fully saturated rings. The maximum Gasteiger partial charge on any atom is 0.131 e. The van der Waals surface area contributed by atoms with Gasteiger partial charge in [0.2, 0.25) is 0 Å². The number of thiophene rings is 1. The Hall–Kier alpha value is -1.49. The molecule has 0 radical (unpaired) electrons. The SMILES string of the molecule is CCc1c(-c2cc(Cl)sc2Cl)nn(-c2ccccc2)c1N. The second-order valence-corrected chi connectivity index (χ2v) is 6.84. The fourth-order valence-electron chi connectivity index (χ4n) is 2.30. The summed E-state index contributed by atoms with van der Waals surface area (Å²) in [6.07, 6.45) is 0.776. The van der Waals surface area contributed by atoms with Crippen molar-refractivity contribution in [2.24, 2.45) is 0 Å². The van der Waals surface area contributed by atoms with Gasteiger partial charge in [-0.25, -0.2) is 4.68 Å². The van der Waals surface area contributed by atoms with E-state index in [2.05, 4.69) is 5.10 Å². The third-order valence-corrected chi connectivity index (χ3v) is 4.78. The summed E-state index contributed by atoms with van der Waals surface area (Å²) >= 11 is 13.6. The normalized spacial score (nSPS) is 11.0. The molecule has 0 aliphatic carbocycles. The lowest BCUT2D eigenvalue weighted by Gasteiger charge is -2.03. The molecule has 0 aliphatic rings. The molecule has 0 unspecified atom stereocenters. The van der Waals surface area contributed by atoms with Crippen LogP contribution in [0.2, 0.25) is 8.67 Å². The third-order valence-electron chi connectivity index (χ3n) is 3.29. The number of nitrogen functional groups attached to an aromatic ring is 1. The summed E-state index contributed by atoms with van der Waals surface area (Å²) < 4.78 is 3.02. The second-order valence-electron chi connectivity index (χ2n) is 4.55. The molecule has 21 heavy (non-hydrogen) atoms. The summed E-state index contributed by atoms with van der Waals surface area (Å²) in [4.78, 5) is 0. The van der Waals surface area contributed by atoms with Gasteiger partial charge >= 0.3 is 0 Å². The molecule has 2 aromatic heterocycles.